The lowest BCUT2D eigenvalue weighted by molar-refractivity contribution is 0.153. The molecular formula is C18H28IN3O. The predicted molar refractivity (Wildman–Crippen MR) is 108 cm³/mol. The molecule has 0 saturated heterocycles. The number of nitrogens with one attached hydrogen (secondary N) is 2. The Morgan fingerprint density at radius 1 is 1.22 bits per heavy atom. The zero-order chi connectivity index (χ0) is 15.6. The molecule has 0 amide bonds. The summed E-state index contributed by atoms with van der Waals surface area (Å²) in [6.07, 6.45) is 5.35. The number of rotatable bonds is 6. The lowest BCUT2D eigenvalue weighted by Gasteiger charge is -2.16. The van der Waals surface area contributed by atoms with Gasteiger partial charge in [0.05, 0.1) is 13.2 Å². The van der Waals surface area contributed by atoms with Crippen LogP contribution in [0, 0.1) is 0 Å². The van der Waals surface area contributed by atoms with E-state index in [9.17, 15) is 0 Å². The SMILES string of the molecule is CCc1ccccc1CNC(=NC)NCCC1=CCOCC1.I. The Bertz CT molecular complexity index is 529. The van der Waals surface area contributed by atoms with Crippen molar-refractivity contribution in [2.45, 2.75) is 32.7 Å². The summed E-state index contributed by atoms with van der Waals surface area (Å²) >= 11 is 0. The van der Waals surface area contributed by atoms with Gasteiger partial charge in [0.2, 0.25) is 0 Å². The third-order valence-corrected chi connectivity index (χ3v) is 3.97. The molecule has 0 bridgehead atoms. The van der Waals surface area contributed by atoms with Crippen LogP contribution < -0.4 is 10.6 Å². The number of hydrogen-bond donors (Lipinski definition) is 2. The van der Waals surface area contributed by atoms with Crippen molar-refractivity contribution >= 4 is 29.9 Å². The zero-order valence-corrected chi connectivity index (χ0v) is 16.4. The van der Waals surface area contributed by atoms with E-state index in [4.69, 9.17) is 4.74 Å². The van der Waals surface area contributed by atoms with E-state index >= 15 is 0 Å². The molecule has 0 spiro atoms. The van der Waals surface area contributed by atoms with Gasteiger partial charge >= 0.3 is 0 Å². The molecule has 0 atom stereocenters. The Labute approximate surface area is 156 Å². The summed E-state index contributed by atoms with van der Waals surface area (Å²) in [6, 6.07) is 8.54. The van der Waals surface area contributed by atoms with Gasteiger partial charge in [0.25, 0.3) is 0 Å². The summed E-state index contributed by atoms with van der Waals surface area (Å²) in [5.74, 6) is 0.860. The van der Waals surface area contributed by atoms with Crippen molar-refractivity contribution in [3.8, 4) is 0 Å². The van der Waals surface area contributed by atoms with Crippen LogP contribution in [0.3, 0.4) is 0 Å². The molecule has 0 fully saturated rings. The van der Waals surface area contributed by atoms with Crippen molar-refractivity contribution < 1.29 is 4.74 Å². The maximum Gasteiger partial charge on any atom is 0.191 e. The average molecular weight is 429 g/mol. The predicted octanol–water partition coefficient (Wildman–Crippen LogP) is 3.27. The quantitative estimate of drug-likeness (QED) is 0.316. The fourth-order valence-corrected chi connectivity index (χ4v) is 2.61. The van der Waals surface area contributed by atoms with Gasteiger partial charge in [0, 0.05) is 20.1 Å². The van der Waals surface area contributed by atoms with Crippen molar-refractivity contribution in [2.75, 3.05) is 26.8 Å². The van der Waals surface area contributed by atoms with Crippen LogP contribution >= 0.6 is 24.0 Å². The van der Waals surface area contributed by atoms with E-state index in [1.807, 2.05) is 7.05 Å². The second kappa shape index (κ2) is 11.5. The minimum atomic E-state index is 0. The standard InChI is InChI=1S/C18H27N3O.HI/c1-3-16-6-4-5-7-17(16)14-21-18(19-2)20-11-8-15-9-12-22-13-10-15;/h4-7,9H,3,8,10-14H2,1-2H3,(H2,19,20,21);1H. The number of nitrogens with zero attached hydrogens (tertiary/aromatic N) is 1. The summed E-state index contributed by atoms with van der Waals surface area (Å²) in [5.41, 5.74) is 4.20. The first-order valence-corrected chi connectivity index (χ1v) is 8.10. The monoisotopic (exact) mass is 429 g/mol. The van der Waals surface area contributed by atoms with Crippen LogP contribution in [0.15, 0.2) is 40.9 Å². The highest BCUT2D eigenvalue weighted by Crippen LogP contribution is 2.11. The maximum absolute atomic E-state index is 5.32. The largest absolute Gasteiger partial charge is 0.377 e. The highest BCUT2D eigenvalue weighted by molar-refractivity contribution is 14.0. The molecule has 1 aliphatic rings. The van der Waals surface area contributed by atoms with Gasteiger partial charge in [-0.05, 0) is 30.4 Å². The molecule has 0 aliphatic carbocycles. The molecule has 1 aliphatic heterocycles. The van der Waals surface area contributed by atoms with Crippen molar-refractivity contribution in [1.29, 1.82) is 0 Å². The minimum absolute atomic E-state index is 0. The topological polar surface area (TPSA) is 45.7 Å². The van der Waals surface area contributed by atoms with Crippen LogP contribution in [-0.2, 0) is 17.7 Å². The molecule has 0 aromatic heterocycles. The molecule has 4 nitrogen and oxygen atoms in total. The Morgan fingerprint density at radius 3 is 2.65 bits per heavy atom. The Hall–Kier alpha value is -1.08. The number of halogens is 1. The van der Waals surface area contributed by atoms with Crippen LogP contribution in [0.2, 0.25) is 0 Å². The van der Waals surface area contributed by atoms with Crippen molar-refractivity contribution in [3.05, 3.63) is 47.0 Å². The van der Waals surface area contributed by atoms with Crippen molar-refractivity contribution in [1.82, 2.24) is 10.6 Å². The van der Waals surface area contributed by atoms with Crippen molar-refractivity contribution in [3.63, 3.8) is 0 Å². The molecule has 2 rings (SSSR count). The van der Waals surface area contributed by atoms with Gasteiger partial charge in [0.15, 0.2) is 5.96 Å². The molecule has 0 unspecified atom stereocenters. The number of guanidine groups is 1. The van der Waals surface area contributed by atoms with E-state index in [1.165, 1.54) is 16.7 Å². The first kappa shape index (κ1) is 20.0. The van der Waals surface area contributed by atoms with Gasteiger partial charge in [-0.1, -0.05) is 42.8 Å². The molecule has 1 aromatic rings. The average Bonchev–Trinajstić information content (AvgIpc) is 2.59. The van der Waals surface area contributed by atoms with Gasteiger partial charge in [0.1, 0.15) is 0 Å². The summed E-state index contributed by atoms with van der Waals surface area (Å²) in [7, 11) is 1.81. The van der Waals surface area contributed by atoms with Gasteiger partial charge in [-0.3, -0.25) is 4.99 Å². The molecule has 2 N–H and O–H groups in total. The van der Waals surface area contributed by atoms with Crippen LogP contribution in [-0.4, -0.2) is 32.8 Å². The number of hydrogen-bond acceptors (Lipinski definition) is 2. The number of benzene rings is 1. The molecule has 23 heavy (non-hydrogen) atoms. The van der Waals surface area contributed by atoms with Crippen LogP contribution in [0.25, 0.3) is 0 Å². The summed E-state index contributed by atoms with van der Waals surface area (Å²) in [5, 5.41) is 6.77. The lowest BCUT2D eigenvalue weighted by Crippen LogP contribution is -2.37. The lowest BCUT2D eigenvalue weighted by atomic mass is 10.1. The highest BCUT2D eigenvalue weighted by Gasteiger charge is 2.05. The molecule has 5 heteroatoms. The van der Waals surface area contributed by atoms with Crippen LogP contribution in [0.1, 0.15) is 30.9 Å². The van der Waals surface area contributed by atoms with Crippen LogP contribution in [0.5, 0.6) is 0 Å². The van der Waals surface area contributed by atoms with E-state index in [2.05, 4.69) is 52.9 Å². The number of aliphatic imine (C=N–C) groups is 1. The summed E-state index contributed by atoms with van der Waals surface area (Å²) in [4.78, 5) is 4.29. The maximum atomic E-state index is 5.32. The fourth-order valence-electron chi connectivity index (χ4n) is 2.61. The second-order valence-electron chi connectivity index (χ2n) is 5.41. The summed E-state index contributed by atoms with van der Waals surface area (Å²) < 4.78 is 5.32. The number of ether oxygens (including phenoxy) is 1. The van der Waals surface area contributed by atoms with E-state index in [1.54, 1.807) is 0 Å². The molecule has 0 saturated carbocycles. The van der Waals surface area contributed by atoms with Gasteiger partial charge < -0.3 is 15.4 Å². The van der Waals surface area contributed by atoms with E-state index in [-0.39, 0.29) is 24.0 Å². The van der Waals surface area contributed by atoms with Crippen molar-refractivity contribution in [2.24, 2.45) is 4.99 Å². The molecule has 0 radical (unpaired) electrons. The zero-order valence-electron chi connectivity index (χ0n) is 14.1. The Morgan fingerprint density at radius 2 is 2.00 bits per heavy atom. The highest BCUT2D eigenvalue weighted by atomic mass is 127. The van der Waals surface area contributed by atoms with E-state index in [0.717, 1.165) is 51.5 Å². The van der Waals surface area contributed by atoms with E-state index in [0.29, 0.717) is 0 Å². The van der Waals surface area contributed by atoms with Gasteiger partial charge in [-0.25, -0.2) is 0 Å². The van der Waals surface area contributed by atoms with Gasteiger partial charge in [-0.2, -0.15) is 0 Å². The normalized spacial score (nSPS) is 14.7. The van der Waals surface area contributed by atoms with Crippen LogP contribution in [0.4, 0.5) is 0 Å². The first-order valence-electron chi connectivity index (χ1n) is 8.10. The fraction of sp³-hybridized carbons (Fsp3) is 0.500. The number of aryl methyl sites for hydroxylation is 1. The molecular weight excluding hydrogens is 401 g/mol. The Balaban J connectivity index is 0.00000264. The molecule has 1 aromatic carbocycles. The third-order valence-electron chi connectivity index (χ3n) is 3.97. The first-order chi connectivity index (χ1) is 10.8. The van der Waals surface area contributed by atoms with E-state index < -0.39 is 0 Å². The second-order valence-corrected chi connectivity index (χ2v) is 5.41. The minimum Gasteiger partial charge on any atom is -0.377 e. The molecule has 1 heterocycles. The Kier molecular flexibility index (Phi) is 9.94. The smallest absolute Gasteiger partial charge is 0.191 e. The summed E-state index contributed by atoms with van der Waals surface area (Å²) in [6.45, 7) is 5.51. The third kappa shape index (κ3) is 6.91. The molecule has 128 valence electrons. The van der Waals surface area contributed by atoms with Gasteiger partial charge in [-0.15, -0.1) is 24.0 Å².